The van der Waals surface area contributed by atoms with Gasteiger partial charge in [0.2, 0.25) is 0 Å². The van der Waals surface area contributed by atoms with Crippen LogP contribution in [0.1, 0.15) is 79.1 Å². The summed E-state index contributed by atoms with van der Waals surface area (Å²) in [6, 6.07) is 2.23. The van der Waals surface area contributed by atoms with Gasteiger partial charge >= 0.3 is 5.97 Å². The summed E-state index contributed by atoms with van der Waals surface area (Å²) in [7, 11) is 0. The van der Waals surface area contributed by atoms with E-state index in [1.165, 1.54) is 11.1 Å². The maximum Gasteiger partial charge on any atom is 0.303 e. The van der Waals surface area contributed by atoms with E-state index >= 15 is 0 Å². The minimum atomic E-state index is -0.776. The predicted octanol–water partition coefficient (Wildman–Crippen LogP) is 3.75. The molecular formula is C23H33N5O2. The van der Waals surface area contributed by atoms with Crippen LogP contribution in [0.5, 0.6) is 0 Å². The molecule has 162 valence electrons. The van der Waals surface area contributed by atoms with Crippen LogP contribution in [0.25, 0.3) is 0 Å². The maximum absolute atomic E-state index is 11.2. The van der Waals surface area contributed by atoms with E-state index in [1.54, 1.807) is 12.4 Å². The Kier molecular flexibility index (Phi) is 8.13. The second-order valence-corrected chi connectivity index (χ2v) is 8.15. The van der Waals surface area contributed by atoms with Crippen LogP contribution in [0.2, 0.25) is 0 Å². The second kappa shape index (κ2) is 11.0. The lowest BCUT2D eigenvalue weighted by atomic mass is 9.92. The van der Waals surface area contributed by atoms with Gasteiger partial charge in [0, 0.05) is 31.2 Å². The van der Waals surface area contributed by atoms with Gasteiger partial charge in [-0.05, 0) is 67.7 Å². The molecule has 7 nitrogen and oxygen atoms in total. The number of unbranched alkanes of at least 4 members (excludes halogenated alkanes) is 3. The molecule has 1 unspecified atom stereocenters. The molecule has 0 amide bonds. The van der Waals surface area contributed by atoms with Gasteiger partial charge in [-0.25, -0.2) is 15.0 Å². The molecule has 0 saturated carbocycles. The molecule has 7 heteroatoms. The zero-order valence-corrected chi connectivity index (χ0v) is 17.9. The van der Waals surface area contributed by atoms with Crippen LogP contribution in [0.4, 0.5) is 5.82 Å². The molecule has 0 bridgehead atoms. The number of carbonyl (C=O) groups is 1. The Balaban J connectivity index is 1.46. The average molecular weight is 412 g/mol. The highest BCUT2D eigenvalue weighted by Gasteiger charge is 2.17. The number of aliphatic carboxylic acids is 1. The third kappa shape index (κ3) is 6.23. The Hall–Kier alpha value is -2.54. The van der Waals surface area contributed by atoms with Gasteiger partial charge in [-0.1, -0.05) is 19.3 Å². The van der Waals surface area contributed by atoms with Crippen molar-refractivity contribution in [3.05, 3.63) is 46.7 Å². The van der Waals surface area contributed by atoms with E-state index in [4.69, 9.17) is 10.7 Å². The number of aromatic nitrogens is 3. The normalized spacial score (nSPS) is 14.1. The molecule has 4 N–H and O–H groups in total. The third-order valence-corrected chi connectivity index (χ3v) is 5.81. The first-order chi connectivity index (χ1) is 14.6. The van der Waals surface area contributed by atoms with Gasteiger partial charge in [0.1, 0.15) is 11.6 Å². The first-order valence-electron chi connectivity index (χ1n) is 11.0. The minimum absolute atomic E-state index is 0.0275. The second-order valence-electron chi connectivity index (χ2n) is 8.15. The fourth-order valence-electron chi connectivity index (χ4n) is 4.11. The van der Waals surface area contributed by atoms with Gasteiger partial charge in [-0.15, -0.1) is 0 Å². The molecular weight excluding hydrogens is 378 g/mol. The van der Waals surface area contributed by atoms with E-state index in [9.17, 15) is 9.90 Å². The largest absolute Gasteiger partial charge is 0.481 e. The number of nitrogens with one attached hydrogen (secondary N) is 1. The van der Waals surface area contributed by atoms with Crippen LogP contribution in [-0.4, -0.2) is 32.6 Å². The topological polar surface area (TPSA) is 114 Å². The lowest BCUT2D eigenvalue weighted by Gasteiger charge is -2.20. The highest BCUT2D eigenvalue weighted by Crippen LogP contribution is 2.26. The SMILES string of the molecule is Cc1ncc(C(CCCCCCc2nc3c(cc2CN)CCCN3)CC(=O)O)cn1. The standard InChI is InChI=1S/C23H33N5O2/c1-16-26-14-20(15-27-16)17(12-22(29)30)7-4-2-3-5-9-21-19(13-24)11-18-8-6-10-25-23(18)28-21/h11,14-15,17H,2-10,12-13,24H2,1H3,(H,25,28)(H,29,30). The van der Waals surface area contributed by atoms with Crippen LogP contribution in [0.3, 0.4) is 0 Å². The molecule has 3 heterocycles. The highest BCUT2D eigenvalue weighted by atomic mass is 16.4. The fourth-order valence-corrected chi connectivity index (χ4v) is 4.11. The van der Waals surface area contributed by atoms with Crippen molar-refractivity contribution in [3.8, 4) is 0 Å². The van der Waals surface area contributed by atoms with Gasteiger partial charge in [-0.2, -0.15) is 0 Å². The van der Waals surface area contributed by atoms with Crippen molar-refractivity contribution < 1.29 is 9.90 Å². The number of aryl methyl sites for hydroxylation is 3. The molecule has 0 aromatic carbocycles. The Morgan fingerprint density at radius 2 is 2.00 bits per heavy atom. The molecule has 1 atom stereocenters. The van der Waals surface area contributed by atoms with Crippen LogP contribution >= 0.6 is 0 Å². The van der Waals surface area contributed by atoms with E-state index in [0.29, 0.717) is 12.4 Å². The fraction of sp³-hybridized carbons (Fsp3) is 0.565. The lowest BCUT2D eigenvalue weighted by Crippen LogP contribution is -2.16. The molecule has 0 aliphatic carbocycles. The predicted molar refractivity (Wildman–Crippen MR) is 117 cm³/mol. The summed E-state index contributed by atoms with van der Waals surface area (Å²) in [5.41, 5.74) is 10.4. The smallest absolute Gasteiger partial charge is 0.303 e. The highest BCUT2D eigenvalue weighted by molar-refractivity contribution is 5.68. The summed E-state index contributed by atoms with van der Waals surface area (Å²) >= 11 is 0. The van der Waals surface area contributed by atoms with Crippen molar-refractivity contribution in [2.75, 3.05) is 11.9 Å². The number of hydrogen-bond donors (Lipinski definition) is 3. The molecule has 0 fully saturated rings. The molecule has 0 saturated heterocycles. The van der Waals surface area contributed by atoms with Gasteiger partial charge in [-0.3, -0.25) is 4.79 Å². The number of carboxylic acids is 1. The van der Waals surface area contributed by atoms with Crippen molar-refractivity contribution in [3.63, 3.8) is 0 Å². The summed E-state index contributed by atoms with van der Waals surface area (Å²) in [6.45, 7) is 3.36. The Morgan fingerprint density at radius 1 is 1.23 bits per heavy atom. The monoisotopic (exact) mass is 411 g/mol. The van der Waals surface area contributed by atoms with Crippen molar-refractivity contribution in [2.24, 2.45) is 5.73 Å². The van der Waals surface area contributed by atoms with Crippen molar-refractivity contribution in [1.29, 1.82) is 0 Å². The minimum Gasteiger partial charge on any atom is -0.481 e. The first kappa shape index (κ1) is 22.2. The molecule has 0 spiro atoms. The van der Waals surface area contributed by atoms with E-state index in [2.05, 4.69) is 21.4 Å². The van der Waals surface area contributed by atoms with E-state index in [1.807, 2.05) is 6.92 Å². The van der Waals surface area contributed by atoms with E-state index in [-0.39, 0.29) is 12.3 Å². The van der Waals surface area contributed by atoms with Gasteiger partial charge in [0.05, 0.1) is 6.42 Å². The number of nitrogens with zero attached hydrogens (tertiary/aromatic N) is 3. The lowest BCUT2D eigenvalue weighted by molar-refractivity contribution is -0.137. The number of rotatable bonds is 11. The summed E-state index contributed by atoms with van der Waals surface area (Å²) < 4.78 is 0. The number of hydrogen-bond acceptors (Lipinski definition) is 6. The van der Waals surface area contributed by atoms with Crippen LogP contribution in [0.15, 0.2) is 18.5 Å². The number of pyridine rings is 1. The molecule has 30 heavy (non-hydrogen) atoms. The number of anilines is 1. The van der Waals surface area contributed by atoms with Gasteiger partial charge in [0.25, 0.3) is 0 Å². The third-order valence-electron chi connectivity index (χ3n) is 5.81. The summed E-state index contributed by atoms with van der Waals surface area (Å²) in [6.07, 6.45) is 11.9. The van der Waals surface area contributed by atoms with Crippen molar-refractivity contribution in [1.82, 2.24) is 15.0 Å². The van der Waals surface area contributed by atoms with Gasteiger partial charge < -0.3 is 16.2 Å². The Morgan fingerprint density at radius 3 is 2.73 bits per heavy atom. The molecule has 2 aromatic rings. The zero-order chi connectivity index (χ0) is 21.3. The van der Waals surface area contributed by atoms with Crippen LogP contribution in [0, 0.1) is 6.92 Å². The molecule has 3 rings (SSSR count). The Bertz CT molecular complexity index is 838. The van der Waals surface area contributed by atoms with Crippen LogP contribution < -0.4 is 11.1 Å². The summed E-state index contributed by atoms with van der Waals surface area (Å²) in [4.78, 5) is 24.5. The first-order valence-corrected chi connectivity index (χ1v) is 11.0. The Labute approximate surface area is 178 Å². The van der Waals surface area contributed by atoms with Gasteiger partial charge in [0.15, 0.2) is 0 Å². The molecule has 2 aromatic heterocycles. The number of carboxylic acid groups (broad SMARTS) is 1. The quantitative estimate of drug-likeness (QED) is 0.482. The molecule has 1 aliphatic rings. The van der Waals surface area contributed by atoms with Crippen molar-refractivity contribution in [2.45, 2.75) is 77.2 Å². The number of nitrogens with two attached hydrogens (primary N) is 1. The summed E-state index contributed by atoms with van der Waals surface area (Å²) in [5, 5.41) is 12.6. The van der Waals surface area contributed by atoms with E-state index in [0.717, 1.165) is 75.0 Å². The molecule has 1 aliphatic heterocycles. The maximum atomic E-state index is 11.2. The number of fused-ring (bicyclic) bond motifs is 1. The van der Waals surface area contributed by atoms with E-state index < -0.39 is 5.97 Å². The molecule has 0 radical (unpaired) electrons. The van der Waals surface area contributed by atoms with Crippen LogP contribution in [-0.2, 0) is 24.2 Å². The zero-order valence-electron chi connectivity index (χ0n) is 17.9. The summed E-state index contributed by atoms with van der Waals surface area (Å²) in [5.74, 6) is 0.934. The van der Waals surface area contributed by atoms with Crippen molar-refractivity contribution >= 4 is 11.8 Å². The average Bonchev–Trinajstić information content (AvgIpc) is 2.75.